The molecule has 0 rings (SSSR count). The summed E-state index contributed by atoms with van der Waals surface area (Å²) >= 11 is 0. The van der Waals surface area contributed by atoms with Crippen LogP contribution in [0.5, 0.6) is 0 Å². The van der Waals surface area contributed by atoms with Crippen LogP contribution in [0.2, 0.25) is 0 Å². The molecule has 5 heteroatoms. The monoisotopic (exact) mass is 257 g/mol. The van der Waals surface area contributed by atoms with E-state index in [1.54, 1.807) is 19.0 Å². The van der Waals surface area contributed by atoms with Crippen molar-refractivity contribution < 1.29 is 9.59 Å². The second kappa shape index (κ2) is 9.88. The third-order valence-corrected chi connectivity index (χ3v) is 2.79. The first-order valence-electron chi connectivity index (χ1n) is 6.67. The van der Waals surface area contributed by atoms with Crippen molar-refractivity contribution in [1.82, 2.24) is 15.5 Å². The molecule has 18 heavy (non-hydrogen) atoms. The normalized spacial score (nSPS) is 12.0. The van der Waals surface area contributed by atoms with Gasteiger partial charge in [0.05, 0.1) is 0 Å². The summed E-state index contributed by atoms with van der Waals surface area (Å²) in [5.41, 5.74) is 0. The second-order valence-corrected chi connectivity index (χ2v) is 4.77. The Morgan fingerprint density at radius 3 is 2.39 bits per heavy atom. The van der Waals surface area contributed by atoms with Crippen molar-refractivity contribution in [2.24, 2.45) is 0 Å². The van der Waals surface area contributed by atoms with Crippen molar-refractivity contribution in [3.05, 3.63) is 0 Å². The highest BCUT2D eigenvalue weighted by Crippen LogP contribution is 1.92. The molecule has 0 saturated carbocycles. The average Bonchev–Trinajstić information content (AvgIpc) is 2.32. The van der Waals surface area contributed by atoms with Gasteiger partial charge < -0.3 is 15.5 Å². The molecule has 0 saturated heterocycles. The Balaban J connectivity index is 3.40. The van der Waals surface area contributed by atoms with Crippen LogP contribution in [0.4, 0.5) is 0 Å². The predicted molar refractivity (Wildman–Crippen MR) is 73.3 cm³/mol. The van der Waals surface area contributed by atoms with E-state index >= 15 is 0 Å². The quantitative estimate of drug-likeness (QED) is 0.599. The molecule has 0 aliphatic carbocycles. The summed E-state index contributed by atoms with van der Waals surface area (Å²) in [6.07, 6.45) is 2.81. The number of nitrogens with one attached hydrogen (secondary N) is 2. The highest BCUT2D eigenvalue weighted by molar-refractivity contribution is 5.76. The van der Waals surface area contributed by atoms with Crippen molar-refractivity contribution in [3.8, 4) is 0 Å². The lowest BCUT2D eigenvalue weighted by atomic mass is 10.2. The molecule has 0 aliphatic heterocycles. The lowest BCUT2D eigenvalue weighted by molar-refractivity contribution is -0.128. The van der Waals surface area contributed by atoms with Crippen LogP contribution in [-0.2, 0) is 9.59 Å². The Hall–Kier alpha value is -1.10. The van der Waals surface area contributed by atoms with E-state index in [0.29, 0.717) is 19.4 Å². The highest BCUT2D eigenvalue weighted by Gasteiger charge is 2.05. The van der Waals surface area contributed by atoms with Gasteiger partial charge in [-0.25, -0.2) is 0 Å². The smallest absolute Gasteiger partial charge is 0.222 e. The third kappa shape index (κ3) is 8.98. The molecule has 106 valence electrons. The standard InChI is InChI=1S/C13H27N3O2/c1-5-11(2)15-12(17)8-10-14-9-6-7-13(18)16(3)4/h11,14H,5-10H2,1-4H3,(H,15,17). The van der Waals surface area contributed by atoms with E-state index in [-0.39, 0.29) is 17.9 Å². The van der Waals surface area contributed by atoms with Crippen LogP contribution in [0.1, 0.15) is 39.5 Å². The Morgan fingerprint density at radius 1 is 1.17 bits per heavy atom. The molecule has 0 heterocycles. The fraction of sp³-hybridized carbons (Fsp3) is 0.846. The van der Waals surface area contributed by atoms with Crippen LogP contribution < -0.4 is 10.6 Å². The number of carbonyl (C=O) groups is 2. The molecule has 2 amide bonds. The summed E-state index contributed by atoms with van der Waals surface area (Å²) in [4.78, 5) is 24.3. The molecule has 0 aliphatic rings. The Kier molecular flexibility index (Phi) is 9.28. The SMILES string of the molecule is CCC(C)NC(=O)CCNCCCC(=O)N(C)C. The fourth-order valence-corrected chi connectivity index (χ4v) is 1.36. The minimum Gasteiger partial charge on any atom is -0.354 e. The zero-order valence-electron chi connectivity index (χ0n) is 12.1. The molecule has 1 unspecified atom stereocenters. The maximum atomic E-state index is 11.4. The molecule has 0 aromatic carbocycles. The molecular weight excluding hydrogens is 230 g/mol. The summed E-state index contributed by atoms with van der Waals surface area (Å²) in [6.45, 7) is 5.48. The van der Waals surface area contributed by atoms with E-state index in [9.17, 15) is 9.59 Å². The first-order valence-corrected chi connectivity index (χ1v) is 6.67. The van der Waals surface area contributed by atoms with Crippen molar-refractivity contribution in [2.45, 2.75) is 45.6 Å². The second-order valence-electron chi connectivity index (χ2n) is 4.77. The summed E-state index contributed by atoms with van der Waals surface area (Å²) in [6, 6.07) is 0.246. The van der Waals surface area contributed by atoms with Gasteiger partial charge in [0, 0.05) is 39.5 Å². The van der Waals surface area contributed by atoms with Gasteiger partial charge in [-0.3, -0.25) is 9.59 Å². The largest absolute Gasteiger partial charge is 0.354 e. The molecule has 0 spiro atoms. The predicted octanol–water partition coefficient (Wildman–Crippen LogP) is 0.749. The zero-order chi connectivity index (χ0) is 14.0. The number of hydrogen-bond acceptors (Lipinski definition) is 3. The van der Waals surface area contributed by atoms with Gasteiger partial charge in [-0.05, 0) is 26.3 Å². The molecule has 2 N–H and O–H groups in total. The Morgan fingerprint density at radius 2 is 1.83 bits per heavy atom. The molecule has 0 radical (unpaired) electrons. The van der Waals surface area contributed by atoms with Crippen molar-refractivity contribution in [3.63, 3.8) is 0 Å². The number of hydrogen-bond donors (Lipinski definition) is 2. The van der Waals surface area contributed by atoms with E-state index < -0.39 is 0 Å². The van der Waals surface area contributed by atoms with E-state index in [0.717, 1.165) is 19.4 Å². The van der Waals surface area contributed by atoms with Gasteiger partial charge in [0.15, 0.2) is 0 Å². The summed E-state index contributed by atoms with van der Waals surface area (Å²) in [7, 11) is 3.52. The van der Waals surface area contributed by atoms with E-state index in [1.807, 2.05) is 13.8 Å². The minimum atomic E-state index is 0.0845. The van der Waals surface area contributed by atoms with Crippen molar-refractivity contribution in [1.29, 1.82) is 0 Å². The van der Waals surface area contributed by atoms with E-state index in [4.69, 9.17) is 0 Å². The van der Waals surface area contributed by atoms with Gasteiger partial charge in [0.2, 0.25) is 11.8 Å². The highest BCUT2D eigenvalue weighted by atomic mass is 16.2. The lowest BCUT2D eigenvalue weighted by Crippen LogP contribution is -2.34. The van der Waals surface area contributed by atoms with Crippen LogP contribution in [0.3, 0.4) is 0 Å². The first kappa shape index (κ1) is 16.9. The number of carbonyl (C=O) groups excluding carboxylic acids is 2. The van der Waals surface area contributed by atoms with Crippen LogP contribution in [0.15, 0.2) is 0 Å². The van der Waals surface area contributed by atoms with E-state index in [2.05, 4.69) is 10.6 Å². The van der Waals surface area contributed by atoms with Gasteiger partial charge in [-0.2, -0.15) is 0 Å². The molecule has 5 nitrogen and oxygen atoms in total. The minimum absolute atomic E-state index is 0.0845. The average molecular weight is 257 g/mol. The van der Waals surface area contributed by atoms with Crippen molar-refractivity contribution >= 4 is 11.8 Å². The number of rotatable bonds is 9. The van der Waals surface area contributed by atoms with Gasteiger partial charge in [-0.15, -0.1) is 0 Å². The molecule has 0 aromatic rings. The molecule has 0 fully saturated rings. The number of nitrogens with zero attached hydrogens (tertiary/aromatic N) is 1. The van der Waals surface area contributed by atoms with Gasteiger partial charge in [-0.1, -0.05) is 6.92 Å². The Bertz CT molecular complexity index is 255. The Labute approximate surface area is 110 Å². The molecule has 1 atom stereocenters. The van der Waals surface area contributed by atoms with Crippen molar-refractivity contribution in [2.75, 3.05) is 27.2 Å². The van der Waals surface area contributed by atoms with Crippen LogP contribution in [-0.4, -0.2) is 49.9 Å². The van der Waals surface area contributed by atoms with Gasteiger partial charge in [0.25, 0.3) is 0 Å². The maximum Gasteiger partial charge on any atom is 0.222 e. The van der Waals surface area contributed by atoms with Crippen LogP contribution in [0, 0.1) is 0 Å². The topological polar surface area (TPSA) is 61.4 Å². The molecular formula is C13H27N3O2. The van der Waals surface area contributed by atoms with Crippen LogP contribution in [0.25, 0.3) is 0 Å². The maximum absolute atomic E-state index is 11.4. The summed E-state index contributed by atoms with van der Waals surface area (Å²) < 4.78 is 0. The van der Waals surface area contributed by atoms with Crippen LogP contribution >= 0.6 is 0 Å². The lowest BCUT2D eigenvalue weighted by Gasteiger charge is -2.12. The zero-order valence-corrected chi connectivity index (χ0v) is 12.1. The molecule has 0 aromatic heterocycles. The van der Waals surface area contributed by atoms with E-state index in [1.165, 1.54) is 0 Å². The van der Waals surface area contributed by atoms with Gasteiger partial charge in [0.1, 0.15) is 0 Å². The third-order valence-electron chi connectivity index (χ3n) is 2.79. The number of amides is 2. The summed E-state index contributed by atoms with van der Waals surface area (Å²) in [5.74, 6) is 0.229. The van der Waals surface area contributed by atoms with Gasteiger partial charge >= 0.3 is 0 Å². The molecule has 0 bridgehead atoms. The fourth-order valence-electron chi connectivity index (χ4n) is 1.36. The first-order chi connectivity index (χ1) is 8.47. The summed E-state index contributed by atoms with van der Waals surface area (Å²) in [5, 5.41) is 6.08.